The molecule has 0 atom stereocenters. The molecule has 0 aliphatic rings. The van der Waals surface area contributed by atoms with E-state index in [1.165, 1.54) is 0 Å². The van der Waals surface area contributed by atoms with E-state index in [2.05, 4.69) is 10.1 Å². The van der Waals surface area contributed by atoms with E-state index < -0.39 is 0 Å². The van der Waals surface area contributed by atoms with Gasteiger partial charge in [-0.3, -0.25) is 0 Å². The molecule has 0 bridgehead atoms. The topological polar surface area (TPSA) is 54.7 Å². The number of rotatable bonds is 5. The van der Waals surface area contributed by atoms with Crippen LogP contribution in [0.3, 0.4) is 0 Å². The van der Waals surface area contributed by atoms with Gasteiger partial charge in [-0.25, -0.2) is 4.98 Å². The van der Waals surface area contributed by atoms with E-state index in [0.29, 0.717) is 5.71 Å². The molecule has 0 aliphatic carbocycles. The molecule has 0 aliphatic heterocycles. The third kappa shape index (κ3) is 3.51. The Morgan fingerprint density at radius 2 is 2.20 bits per heavy atom. The van der Waals surface area contributed by atoms with Crippen molar-refractivity contribution in [2.24, 2.45) is 5.16 Å². The first-order chi connectivity index (χ1) is 9.74. The summed E-state index contributed by atoms with van der Waals surface area (Å²) in [6.45, 7) is 1.76. The molecular formula is C15H16N2O2S. The van der Waals surface area contributed by atoms with Crippen LogP contribution in [-0.2, 0) is 5.75 Å². The van der Waals surface area contributed by atoms with Crippen molar-refractivity contribution >= 4 is 17.5 Å². The fourth-order valence-corrected chi connectivity index (χ4v) is 2.60. The molecule has 1 aromatic heterocycles. The van der Waals surface area contributed by atoms with E-state index in [9.17, 15) is 0 Å². The molecule has 0 radical (unpaired) electrons. The van der Waals surface area contributed by atoms with Crippen molar-refractivity contribution in [1.82, 2.24) is 4.98 Å². The highest BCUT2D eigenvalue weighted by Crippen LogP contribution is 2.28. The molecule has 2 aromatic rings. The Bertz CT molecular complexity index is 600. The van der Waals surface area contributed by atoms with E-state index >= 15 is 0 Å². The number of oxime groups is 1. The Kier molecular flexibility index (Phi) is 5.01. The summed E-state index contributed by atoms with van der Waals surface area (Å²) in [6.07, 6.45) is 1.78. The Morgan fingerprint density at radius 1 is 1.35 bits per heavy atom. The molecule has 20 heavy (non-hydrogen) atoms. The molecular weight excluding hydrogens is 272 g/mol. The quantitative estimate of drug-likeness (QED) is 0.395. The molecule has 1 N–H and O–H groups in total. The number of benzene rings is 1. The number of methoxy groups -OCH3 is 1. The summed E-state index contributed by atoms with van der Waals surface area (Å²) < 4.78 is 5.37. The van der Waals surface area contributed by atoms with Crippen molar-refractivity contribution in [2.45, 2.75) is 17.7 Å². The van der Waals surface area contributed by atoms with Crippen LogP contribution in [0.5, 0.6) is 5.75 Å². The maximum absolute atomic E-state index is 8.86. The maximum Gasteiger partial charge on any atom is 0.122 e. The minimum Gasteiger partial charge on any atom is -0.496 e. The molecule has 0 amide bonds. The molecule has 2 rings (SSSR count). The van der Waals surface area contributed by atoms with Crippen LogP contribution in [0, 0.1) is 0 Å². The standard InChI is InChI=1S/C15H16N2O2S/c1-11(17-18)12-6-7-14(19-2)13(9-12)10-20-15-5-3-4-8-16-15/h3-9,18H,10H2,1-2H3/b17-11-. The summed E-state index contributed by atoms with van der Waals surface area (Å²) >= 11 is 1.64. The summed E-state index contributed by atoms with van der Waals surface area (Å²) in [5.41, 5.74) is 2.50. The first-order valence-electron chi connectivity index (χ1n) is 6.14. The summed E-state index contributed by atoms with van der Waals surface area (Å²) in [6, 6.07) is 11.6. The third-order valence-corrected chi connectivity index (χ3v) is 3.85. The van der Waals surface area contributed by atoms with E-state index in [4.69, 9.17) is 9.94 Å². The molecule has 0 unspecified atom stereocenters. The molecule has 1 aromatic carbocycles. The molecule has 1 heterocycles. The lowest BCUT2D eigenvalue weighted by atomic mass is 10.1. The van der Waals surface area contributed by atoms with Crippen molar-refractivity contribution in [3.63, 3.8) is 0 Å². The van der Waals surface area contributed by atoms with Gasteiger partial charge in [0.1, 0.15) is 5.75 Å². The maximum atomic E-state index is 8.86. The average Bonchev–Trinajstić information content (AvgIpc) is 2.52. The zero-order valence-electron chi connectivity index (χ0n) is 11.4. The first-order valence-corrected chi connectivity index (χ1v) is 7.13. The average molecular weight is 288 g/mol. The van der Waals surface area contributed by atoms with Crippen molar-refractivity contribution in [3.05, 3.63) is 53.7 Å². The zero-order valence-corrected chi connectivity index (χ0v) is 12.2. The monoisotopic (exact) mass is 288 g/mol. The van der Waals surface area contributed by atoms with Gasteiger partial charge in [-0.2, -0.15) is 0 Å². The van der Waals surface area contributed by atoms with Gasteiger partial charge in [-0.1, -0.05) is 11.2 Å². The number of pyridine rings is 1. The normalized spacial score (nSPS) is 11.4. The fraction of sp³-hybridized carbons (Fsp3) is 0.200. The number of ether oxygens (including phenoxy) is 1. The lowest BCUT2D eigenvalue weighted by molar-refractivity contribution is 0.319. The SMILES string of the molecule is COc1ccc(/C(C)=N\O)cc1CSc1ccccn1. The minimum absolute atomic E-state index is 0.580. The van der Waals surface area contributed by atoms with Crippen molar-refractivity contribution in [1.29, 1.82) is 0 Å². The zero-order chi connectivity index (χ0) is 14.4. The van der Waals surface area contributed by atoms with Gasteiger partial charge in [-0.15, -0.1) is 11.8 Å². The van der Waals surface area contributed by atoms with Gasteiger partial charge in [0.25, 0.3) is 0 Å². The second kappa shape index (κ2) is 6.96. The molecule has 0 fully saturated rings. The predicted molar refractivity (Wildman–Crippen MR) is 80.8 cm³/mol. The van der Waals surface area contributed by atoms with Crippen LogP contribution in [0.2, 0.25) is 0 Å². The lowest BCUT2D eigenvalue weighted by Gasteiger charge is -2.10. The summed E-state index contributed by atoms with van der Waals surface area (Å²) in [4.78, 5) is 4.28. The molecule has 4 nitrogen and oxygen atoms in total. The smallest absolute Gasteiger partial charge is 0.122 e. The summed E-state index contributed by atoms with van der Waals surface area (Å²) in [5.74, 6) is 1.56. The Labute approximate surface area is 122 Å². The molecule has 0 saturated heterocycles. The van der Waals surface area contributed by atoms with Crippen LogP contribution in [0.25, 0.3) is 0 Å². The number of thioether (sulfide) groups is 1. The minimum atomic E-state index is 0.580. The van der Waals surface area contributed by atoms with Gasteiger partial charge >= 0.3 is 0 Å². The number of hydrogen-bond acceptors (Lipinski definition) is 5. The number of aromatic nitrogens is 1. The third-order valence-electron chi connectivity index (χ3n) is 2.86. The molecule has 0 saturated carbocycles. The number of hydrogen-bond donors (Lipinski definition) is 1. The van der Waals surface area contributed by atoms with Crippen LogP contribution in [0.15, 0.2) is 52.8 Å². The van der Waals surface area contributed by atoms with E-state index in [1.54, 1.807) is 32.0 Å². The van der Waals surface area contributed by atoms with Crippen molar-refractivity contribution < 1.29 is 9.94 Å². The summed E-state index contributed by atoms with van der Waals surface area (Å²) in [5, 5.41) is 13.1. The molecule has 0 spiro atoms. The largest absolute Gasteiger partial charge is 0.496 e. The van der Waals surface area contributed by atoms with E-state index in [1.807, 2.05) is 36.4 Å². The van der Waals surface area contributed by atoms with Crippen LogP contribution in [0.4, 0.5) is 0 Å². The van der Waals surface area contributed by atoms with Crippen molar-refractivity contribution in [2.75, 3.05) is 7.11 Å². The lowest BCUT2D eigenvalue weighted by Crippen LogP contribution is -1.98. The van der Waals surface area contributed by atoms with Gasteiger partial charge in [-0.05, 0) is 42.8 Å². The van der Waals surface area contributed by atoms with Crippen LogP contribution < -0.4 is 4.74 Å². The van der Waals surface area contributed by atoms with E-state index in [-0.39, 0.29) is 0 Å². The highest BCUT2D eigenvalue weighted by atomic mass is 32.2. The Balaban J connectivity index is 2.20. The molecule has 104 valence electrons. The van der Waals surface area contributed by atoms with Gasteiger partial charge in [0.2, 0.25) is 0 Å². The highest BCUT2D eigenvalue weighted by Gasteiger charge is 2.07. The fourth-order valence-electron chi connectivity index (χ4n) is 1.76. The Morgan fingerprint density at radius 3 is 2.85 bits per heavy atom. The van der Waals surface area contributed by atoms with Crippen LogP contribution in [0.1, 0.15) is 18.1 Å². The second-order valence-electron chi connectivity index (χ2n) is 4.17. The van der Waals surface area contributed by atoms with Gasteiger partial charge < -0.3 is 9.94 Å². The van der Waals surface area contributed by atoms with Gasteiger partial charge in [0.05, 0.1) is 17.8 Å². The summed E-state index contributed by atoms with van der Waals surface area (Å²) in [7, 11) is 1.65. The first kappa shape index (κ1) is 14.4. The van der Waals surface area contributed by atoms with Crippen molar-refractivity contribution in [3.8, 4) is 5.75 Å². The van der Waals surface area contributed by atoms with Gasteiger partial charge in [0, 0.05) is 17.5 Å². The number of nitrogens with zero attached hydrogens (tertiary/aromatic N) is 2. The molecule has 5 heteroatoms. The predicted octanol–water partition coefficient (Wildman–Crippen LogP) is 3.58. The van der Waals surface area contributed by atoms with Gasteiger partial charge in [0.15, 0.2) is 0 Å². The second-order valence-corrected chi connectivity index (χ2v) is 5.16. The Hall–Kier alpha value is -2.01. The van der Waals surface area contributed by atoms with Crippen LogP contribution in [-0.4, -0.2) is 23.0 Å². The highest BCUT2D eigenvalue weighted by molar-refractivity contribution is 7.98. The van der Waals surface area contributed by atoms with Crippen LogP contribution >= 0.6 is 11.8 Å². The van der Waals surface area contributed by atoms with E-state index in [0.717, 1.165) is 27.7 Å².